The van der Waals surface area contributed by atoms with Crippen LogP contribution >= 0.6 is 0 Å². The summed E-state index contributed by atoms with van der Waals surface area (Å²) in [4.78, 5) is 2.52. The smallest absolute Gasteiger partial charge is 0.134 e. The van der Waals surface area contributed by atoms with Crippen LogP contribution in [0.2, 0.25) is 0 Å². The Balaban J connectivity index is 1.15. The molecule has 1 atom stereocenters. The van der Waals surface area contributed by atoms with Gasteiger partial charge in [0.1, 0.15) is 23.9 Å². The molecule has 36 heavy (non-hydrogen) atoms. The van der Waals surface area contributed by atoms with Gasteiger partial charge in [-0.3, -0.25) is 4.90 Å². The highest BCUT2D eigenvalue weighted by Crippen LogP contribution is 2.37. The molecule has 4 aliphatic rings. The van der Waals surface area contributed by atoms with Gasteiger partial charge in [0.2, 0.25) is 0 Å². The Morgan fingerprint density at radius 3 is 2.72 bits per heavy atom. The Kier molecular flexibility index (Phi) is 6.84. The second-order valence-corrected chi connectivity index (χ2v) is 10.2. The molecule has 0 saturated carbocycles. The number of rotatable bonds is 5. The summed E-state index contributed by atoms with van der Waals surface area (Å²) >= 11 is 0. The first kappa shape index (κ1) is 23.4. The second-order valence-electron chi connectivity index (χ2n) is 10.2. The summed E-state index contributed by atoms with van der Waals surface area (Å²) in [6.45, 7) is 5.24. The van der Waals surface area contributed by atoms with Crippen molar-refractivity contribution >= 4 is 17.7 Å². The van der Waals surface area contributed by atoms with Gasteiger partial charge >= 0.3 is 0 Å². The number of fused-ring (bicyclic) bond motifs is 4. The average Bonchev–Trinajstić information content (AvgIpc) is 3.28. The molecule has 2 aromatic rings. The maximum absolute atomic E-state index is 10.9. The number of nitrogens with zero attached hydrogens (tertiary/aromatic N) is 1. The van der Waals surface area contributed by atoms with E-state index in [4.69, 9.17) is 14.2 Å². The van der Waals surface area contributed by atoms with Crippen LogP contribution in [0.25, 0.3) is 17.7 Å². The van der Waals surface area contributed by atoms with Crippen LogP contribution in [0.4, 0.5) is 0 Å². The van der Waals surface area contributed by atoms with Gasteiger partial charge in [0.15, 0.2) is 0 Å². The number of phenols is 1. The molecule has 0 radical (unpaired) electrons. The van der Waals surface area contributed by atoms with Crippen LogP contribution < -0.4 is 19.9 Å². The largest absolute Gasteiger partial charge is 0.507 e. The second kappa shape index (κ2) is 10.5. The van der Waals surface area contributed by atoms with Crippen LogP contribution in [0.3, 0.4) is 0 Å². The lowest BCUT2D eigenvalue weighted by Crippen LogP contribution is -2.29. The number of ether oxygens (including phenoxy) is 3. The Morgan fingerprint density at radius 2 is 1.89 bits per heavy atom. The van der Waals surface area contributed by atoms with Gasteiger partial charge < -0.3 is 19.3 Å². The van der Waals surface area contributed by atoms with E-state index in [2.05, 4.69) is 53.5 Å². The van der Waals surface area contributed by atoms with Crippen LogP contribution in [0.1, 0.15) is 55.8 Å². The van der Waals surface area contributed by atoms with Crippen molar-refractivity contribution in [2.75, 3.05) is 39.5 Å². The summed E-state index contributed by atoms with van der Waals surface area (Å²) in [6, 6.07) is 10.2. The lowest BCUT2D eigenvalue weighted by molar-refractivity contribution is 0.0673. The molecule has 0 spiro atoms. The number of benzene rings is 2. The predicted octanol–water partition coefficient (Wildman–Crippen LogP) is 4.48. The molecule has 1 aliphatic carbocycles. The number of hydrogen-bond acceptors (Lipinski definition) is 5. The van der Waals surface area contributed by atoms with Crippen molar-refractivity contribution in [3.8, 4) is 17.2 Å². The standard InChI is InChI=1S/C31H35NO4/c33-28-19-24-8-6-17-35-31(24)26-9-5-7-23-20-29(36-21-27(23)30(26)28)22-10-12-25(13-11-22)34-18-16-32-14-3-1-2-4-15-32/h5,7-13,19,29,33H,1-4,6,14-18,20-21H2/t29-/m1/s1. The maximum atomic E-state index is 10.9. The van der Waals surface area contributed by atoms with Gasteiger partial charge in [-0.15, -0.1) is 0 Å². The van der Waals surface area contributed by atoms with E-state index in [9.17, 15) is 5.11 Å². The zero-order valence-electron chi connectivity index (χ0n) is 20.9. The minimum absolute atomic E-state index is 0.0227. The topological polar surface area (TPSA) is 51.2 Å². The average molecular weight is 486 g/mol. The van der Waals surface area contributed by atoms with Gasteiger partial charge in [-0.1, -0.05) is 49.3 Å². The van der Waals surface area contributed by atoms with Crippen molar-refractivity contribution in [3.63, 3.8) is 0 Å². The molecule has 3 heterocycles. The van der Waals surface area contributed by atoms with Crippen LogP contribution in [0.15, 0.2) is 48.1 Å². The number of likely N-dealkylation sites (tertiary alicyclic amines) is 1. The zero-order valence-corrected chi connectivity index (χ0v) is 20.9. The third-order valence-corrected chi connectivity index (χ3v) is 7.76. The first-order valence-corrected chi connectivity index (χ1v) is 13.4. The molecule has 3 aliphatic heterocycles. The lowest BCUT2D eigenvalue weighted by atomic mass is 9.91. The fourth-order valence-electron chi connectivity index (χ4n) is 5.82. The molecule has 5 heteroatoms. The summed E-state index contributed by atoms with van der Waals surface area (Å²) in [5.41, 5.74) is 4.35. The highest BCUT2D eigenvalue weighted by atomic mass is 16.5. The van der Waals surface area contributed by atoms with E-state index in [-0.39, 0.29) is 6.10 Å². The summed E-state index contributed by atoms with van der Waals surface area (Å²) in [5, 5.41) is 12.7. The fraction of sp³-hybridized carbons (Fsp3) is 0.419. The van der Waals surface area contributed by atoms with Crippen molar-refractivity contribution in [3.05, 3.63) is 69.6 Å². The monoisotopic (exact) mass is 485 g/mol. The van der Waals surface area contributed by atoms with Crippen molar-refractivity contribution in [2.45, 2.75) is 44.6 Å². The Labute approximate surface area is 213 Å². The van der Waals surface area contributed by atoms with E-state index in [1.807, 2.05) is 6.07 Å². The first-order valence-electron chi connectivity index (χ1n) is 13.4. The molecular weight excluding hydrogens is 450 g/mol. The van der Waals surface area contributed by atoms with Crippen molar-refractivity contribution in [2.24, 2.45) is 0 Å². The summed E-state index contributed by atoms with van der Waals surface area (Å²) in [6.07, 6.45) is 15.3. The van der Waals surface area contributed by atoms with Gasteiger partial charge in [-0.2, -0.15) is 0 Å². The zero-order chi connectivity index (χ0) is 24.3. The van der Waals surface area contributed by atoms with Crippen molar-refractivity contribution in [1.82, 2.24) is 4.90 Å². The Hall–Kier alpha value is -3.02. The summed E-state index contributed by atoms with van der Waals surface area (Å²) in [5.74, 6) is 2.07. The highest BCUT2D eigenvalue weighted by molar-refractivity contribution is 5.77. The number of phenolic OH excluding ortho intramolecular Hbond substituents is 1. The fourth-order valence-corrected chi connectivity index (χ4v) is 5.82. The van der Waals surface area contributed by atoms with Gasteiger partial charge in [0.25, 0.3) is 0 Å². The van der Waals surface area contributed by atoms with Crippen molar-refractivity contribution in [1.29, 1.82) is 0 Å². The van der Waals surface area contributed by atoms with E-state index in [1.165, 1.54) is 44.3 Å². The van der Waals surface area contributed by atoms with Crippen molar-refractivity contribution < 1.29 is 19.3 Å². The number of allylic oxidation sites excluding steroid dienone is 2. The van der Waals surface area contributed by atoms with E-state index < -0.39 is 0 Å². The predicted molar refractivity (Wildman–Crippen MR) is 143 cm³/mol. The molecule has 0 aromatic heterocycles. The van der Waals surface area contributed by atoms with Gasteiger partial charge in [0, 0.05) is 35.4 Å². The van der Waals surface area contributed by atoms with Crippen LogP contribution in [-0.2, 0) is 4.74 Å². The molecule has 0 bridgehead atoms. The molecule has 5 nitrogen and oxygen atoms in total. The van der Waals surface area contributed by atoms with Crippen LogP contribution in [0.5, 0.6) is 17.2 Å². The summed E-state index contributed by atoms with van der Waals surface area (Å²) < 4.78 is 18.4. The third kappa shape index (κ3) is 4.82. The summed E-state index contributed by atoms with van der Waals surface area (Å²) in [7, 11) is 0. The first-order chi connectivity index (χ1) is 17.8. The highest BCUT2D eigenvalue weighted by Gasteiger charge is 2.26. The minimum Gasteiger partial charge on any atom is -0.507 e. The van der Waals surface area contributed by atoms with E-state index in [1.54, 1.807) is 0 Å². The molecule has 2 fully saturated rings. The molecule has 188 valence electrons. The number of hydrogen-bond donors (Lipinski definition) is 1. The molecule has 0 amide bonds. The Bertz CT molecular complexity index is 1280. The molecule has 6 rings (SSSR count). The normalized spacial score (nSPS) is 21.6. The third-order valence-electron chi connectivity index (χ3n) is 7.76. The lowest BCUT2D eigenvalue weighted by Gasteiger charge is -2.28. The van der Waals surface area contributed by atoms with Crippen LogP contribution in [0, 0.1) is 0 Å². The molecule has 2 saturated heterocycles. The van der Waals surface area contributed by atoms with Gasteiger partial charge in [-0.25, -0.2) is 0 Å². The molecule has 0 unspecified atom stereocenters. The van der Waals surface area contributed by atoms with E-state index in [0.717, 1.165) is 64.6 Å². The molecular formula is C31H35NO4. The SMILES string of the molecule is Oc1cc2c(c3c1=C1CO[C@@H](c4ccc(OCCN5CCCCCC5)cc4)CC1=CC=C3)OCCC=2. The quantitative estimate of drug-likeness (QED) is 0.677. The van der Waals surface area contributed by atoms with Crippen LogP contribution in [-0.4, -0.2) is 49.5 Å². The Morgan fingerprint density at radius 1 is 1.06 bits per heavy atom. The van der Waals surface area contributed by atoms with Gasteiger partial charge in [-0.05, 0) is 60.8 Å². The van der Waals surface area contributed by atoms with E-state index in [0.29, 0.717) is 19.0 Å². The maximum Gasteiger partial charge on any atom is 0.134 e. The minimum atomic E-state index is -0.0227. The van der Waals surface area contributed by atoms with E-state index >= 15 is 0 Å². The van der Waals surface area contributed by atoms with Gasteiger partial charge in [0.05, 0.1) is 19.3 Å². The number of aromatic hydroxyl groups is 1. The molecule has 2 aromatic carbocycles. The molecule has 1 N–H and O–H groups in total.